The maximum absolute atomic E-state index is 11.4. The Morgan fingerprint density at radius 2 is 1.87 bits per heavy atom. The van der Waals surface area contributed by atoms with Gasteiger partial charge in [0, 0.05) is 13.6 Å². The van der Waals surface area contributed by atoms with Gasteiger partial charge in [-0.2, -0.15) is 4.31 Å². The van der Waals surface area contributed by atoms with Crippen LogP contribution in [0.25, 0.3) is 0 Å². The summed E-state index contributed by atoms with van der Waals surface area (Å²) in [6.07, 6.45) is 0. The van der Waals surface area contributed by atoms with Crippen LogP contribution in [-0.4, -0.2) is 29.5 Å². The molecule has 0 spiro atoms. The van der Waals surface area contributed by atoms with E-state index in [2.05, 4.69) is 15.9 Å². The first-order valence-corrected chi connectivity index (χ1v) is 6.96. The molecule has 0 radical (unpaired) electrons. The lowest BCUT2D eigenvalue weighted by molar-refractivity contribution is 0.467. The molecule has 4 nitrogen and oxygen atoms in total. The summed E-state index contributed by atoms with van der Waals surface area (Å²) < 4.78 is 24.0. The van der Waals surface area contributed by atoms with Crippen LogP contribution in [0, 0.1) is 0 Å². The van der Waals surface area contributed by atoms with E-state index < -0.39 is 10.0 Å². The zero-order valence-electron chi connectivity index (χ0n) is 8.22. The van der Waals surface area contributed by atoms with E-state index in [4.69, 9.17) is 5.11 Å². The number of hydrogen-bond acceptors (Lipinski definition) is 3. The molecule has 0 heterocycles. The highest BCUT2D eigenvalue weighted by Gasteiger charge is 2.15. The largest absolute Gasteiger partial charge is 0.508 e. The van der Waals surface area contributed by atoms with Gasteiger partial charge in [0.15, 0.2) is 0 Å². The number of phenolic OH excluding ortho intramolecular Hbond substituents is 1. The quantitative estimate of drug-likeness (QED) is 0.856. The van der Waals surface area contributed by atoms with Gasteiger partial charge in [-0.15, -0.1) is 0 Å². The van der Waals surface area contributed by atoms with E-state index in [1.165, 1.54) is 23.5 Å². The summed E-state index contributed by atoms with van der Waals surface area (Å²) in [4.78, 5) is 0. The number of halogens is 1. The predicted octanol–water partition coefficient (Wildman–Crippen LogP) is 1.51. The smallest absolute Gasteiger partial charge is 0.224 e. The lowest BCUT2D eigenvalue weighted by Gasteiger charge is -2.15. The molecular weight excluding hydrogens is 282 g/mol. The fourth-order valence-corrected chi connectivity index (χ4v) is 2.60. The summed E-state index contributed by atoms with van der Waals surface area (Å²) in [5, 5.41) is 9.06. The van der Waals surface area contributed by atoms with Crippen molar-refractivity contribution in [2.24, 2.45) is 0 Å². The van der Waals surface area contributed by atoms with Crippen LogP contribution >= 0.6 is 15.9 Å². The van der Waals surface area contributed by atoms with Gasteiger partial charge in [0.05, 0.1) is 0 Å². The monoisotopic (exact) mass is 293 g/mol. The standard InChI is InChI=1S/C9H12BrNO3S/c1-11(15(13,14)7-10)6-8-2-4-9(12)5-3-8/h2-5,12H,6-7H2,1H3. The van der Waals surface area contributed by atoms with Gasteiger partial charge in [-0.05, 0) is 17.7 Å². The minimum absolute atomic E-state index is 0.0887. The summed E-state index contributed by atoms with van der Waals surface area (Å²) in [5.74, 6) is 0.171. The zero-order chi connectivity index (χ0) is 11.5. The maximum atomic E-state index is 11.4. The van der Waals surface area contributed by atoms with E-state index in [-0.39, 0.29) is 10.4 Å². The Hall–Kier alpha value is -0.590. The summed E-state index contributed by atoms with van der Waals surface area (Å²) in [5.41, 5.74) is 0.833. The van der Waals surface area contributed by atoms with Crippen LogP contribution in [0.2, 0.25) is 0 Å². The molecule has 84 valence electrons. The molecule has 0 saturated carbocycles. The van der Waals surface area contributed by atoms with Crippen LogP contribution in [-0.2, 0) is 16.6 Å². The average molecular weight is 294 g/mol. The van der Waals surface area contributed by atoms with Crippen molar-refractivity contribution in [3.05, 3.63) is 29.8 Å². The third-order valence-corrected chi connectivity index (χ3v) is 5.04. The highest BCUT2D eigenvalue weighted by atomic mass is 79.9. The zero-order valence-corrected chi connectivity index (χ0v) is 10.6. The average Bonchev–Trinajstić information content (AvgIpc) is 2.21. The molecule has 0 unspecified atom stereocenters. The third kappa shape index (κ3) is 3.48. The normalized spacial score (nSPS) is 11.9. The minimum atomic E-state index is -3.22. The molecule has 1 N–H and O–H groups in total. The Bertz CT molecular complexity index is 415. The van der Waals surface area contributed by atoms with E-state index in [1.807, 2.05) is 0 Å². The number of hydrogen-bond donors (Lipinski definition) is 1. The Labute approximate surface area is 97.7 Å². The van der Waals surface area contributed by atoms with E-state index >= 15 is 0 Å². The van der Waals surface area contributed by atoms with Crippen molar-refractivity contribution in [2.75, 3.05) is 11.7 Å². The molecule has 15 heavy (non-hydrogen) atoms. The van der Waals surface area contributed by atoms with E-state index in [1.54, 1.807) is 12.1 Å². The summed E-state index contributed by atoms with van der Waals surface area (Å²) in [6.45, 7) is 0.300. The second kappa shape index (κ2) is 4.96. The van der Waals surface area contributed by atoms with Crippen LogP contribution in [0.1, 0.15) is 5.56 Å². The number of phenols is 1. The molecule has 0 aromatic heterocycles. The second-order valence-corrected chi connectivity index (χ2v) is 6.52. The molecule has 1 rings (SSSR count). The maximum Gasteiger partial charge on any atom is 0.224 e. The van der Waals surface area contributed by atoms with E-state index in [0.717, 1.165) is 5.56 Å². The van der Waals surface area contributed by atoms with Crippen molar-refractivity contribution in [1.29, 1.82) is 0 Å². The molecule has 0 saturated heterocycles. The predicted molar refractivity (Wildman–Crippen MR) is 62.3 cm³/mol. The molecule has 0 aliphatic heterocycles. The van der Waals surface area contributed by atoms with Crippen molar-refractivity contribution in [1.82, 2.24) is 4.31 Å². The molecule has 6 heteroatoms. The Morgan fingerprint density at radius 3 is 2.33 bits per heavy atom. The Morgan fingerprint density at radius 1 is 1.33 bits per heavy atom. The number of alkyl halides is 1. The van der Waals surface area contributed by atoms with Crippen molar-refractivity contribution in [2.45, 2.75) is 6.54 Å². The fourth-order valence-electron chi connectivity index (χ4n) is 1.04. The van der Waals surface area contributed by atoms with Crippen LogP contribution in [0.3, 0.4) is 0 Å². The summed E-state index contributed by atoms with van der Waals surface area (Å²) >= 11 is 2.93. The molecule has 1 aromatic rings. The first kappa shape index (κ1) is 12.5. The number of nitrogens with zero attached hydrogens (tertiary/aromatic N) is 1. The first-order chi connectivity index (χ1) is 6.95. The number of rotatable bonds is 4. The molecule has 0 aliphatic carbocycles. The highest BCUT2D eigenvalue weighted by molar-refractivity contribution is 9.10. The SMILES string of the molecule is CN(Cc1ccc(O)cc1)S(=O)(=O)CBr. The summed E-state index contributed by atoms with van der Waals surface area (Å²) in [7, 11) is -1.70. The van der Waals surface area contributed by atoms with Crippen molar-refractivity contribution in [3.63, 3.8) is 0 Å². The minimum Gasteiger partial charge on any atom is -0.508 e. The Kier molecular flexibility index (Phi) is 4.12. The lowest BCUT2D eigenvalue weighted by atomic mass is 10.2. The van der Waals surface area contributed by atoms with Gasteiger partial charge in [0.2, 0.25) is 10.0 Å². The van der Waals surface area contributed by atoms with Crippen molar-refractivity contribution in [3.8, 4) is 5.75 Å². The van der Waals surface area contributed by atoms with Gasteiger partial charge in [-0.1, -0.05) is 28.1 Å². The molecule has 0 amide bonds. The molecule has 0 bridgehead atoms. The Balaban J connectivity index is 2.75. The van der Waals surface area contributed by atoms with Crippen LogP contribution in [0.15, 0.2) is 24.3 Å². The van der Waals surface area contributed by atoms with E-state index in [9.17, 15) is 8.42 Å². The van der Waals surface area contributed by atoms with Crippen LogP contribution in [0.4, 0.5) is 0 Å². The summed E-state index contributed by atoms with van der Waals surface area (Å²) in [6, 6.07) is 6.44. The van der Waals surface area contributed by atoms with Gasteiger partial charge in [-0.3, -0.25) is 0 Å². The number of sulfonamides is 1. The lowest BCUT2D eigenvalue weighted by Crippen LogP contribution is -2.26. The molecule has 0 aliphatic rings. The van der Waals surface area contributed by atoms with Crippen LogP contribution in [0.5, 0.6) is 5.75 Å². The van der Waals surface area contributed by atoms with Gasteiger partial charge in [0.1, 0.15) is 10.4 Å². The van der Waals surface area contributed by atoms with Crippen LogP contribution < -0.4 is 0 Å². The van der Waals surface area contributed by atoms with Crippen molar-refractivity contribution >= 4 is 26.0 Å². The topological polar surface area (TPSA) is 57.6 Å². The molecular formula is C9H12BrNO3S. The van der Waals surface area contributed by atoms with Crippen molar-refractivity contribution < 1.29 is 13.5 Å². The molecule has 1 aromatic carbocycles. The second-order valence-electron chi connectivity index (χ2n) is 3.14. The molecule has 0 atom stereocenters. The third-order valence-electron chi connectivity index (χ3n) is 1.95. The van der Waals surface area contributed by atoms with E-state index in [0.29, 0.717) is 6.54 Å². The van der Waals surface area contributed by atoms with Gasteiger partial charge < -0.3 is 5.11 Å². The fraction of sp³-hybridized carbons (Fsp3) is 0.333. The van der Waals surface area contributed by atoms with Gasteiger partial charge >= 0.3 is 0 Å². The van der Waals surface area contributed by atoms with Gasteiger partial charge in [0.25, 0.3) is 0 Å². The van der Waals surface area contributed by atoms with Gasteiger partial charge in [-0.25, -0.2) is 8.42 Å². The first-order valence-electron chi connectivity index (χ1n) is 4.23. The molecule has 0 fully saturated rings. The number of benzene rings is 1. The highest BCUT2D eigenvalue weighted by Crippen LogP contribution is 2.13. The number of aromatic hydroxyl groups is 1.